The molecule has 2 unspecified atom stereocenters. The molecule has 2 aliphatic heterocycles. The van der Waals surface area contributed by atoms with Gasteiger partial charge in [0.05, 0.1) is 6.10 Å². The van der Waals surface area contributed by atoms with Gasteiger partial charge in [-0.25, -0.2) is 4.79 Å². The van der Waals surface area contributed by atoms with Crippen molar-refractivity contribution in [3.05, 3.63) is 23.8 Å². The zero-order chi connectivity index (χ0) is 30.0. The van der Waals surface area contributed by atoms with E-state index in [9.17, 15) is 34.5 Å². The summed E-state index contributed by atoms with van der Waals surface area (Å²) >= 11 is 0. The molecule has 12 heteroatoms. The van der Waals surface area contributed by atoms with Crippen LogP contribution in [0.2, 0.25) is 0 Å². The summed E-state index contributed by atoms with van der Waals surface area (Å²) in [6.07, 6.45) is -3.90. The minimum atomic E-state index is -2.04. The molecule has 3 N–H and O–H groups in total. The van der Waals surface area contributed by atoms with Gasteiger partial charge in [-0.3, -0.25) is 14.4 Å². The number of epoxide rings is 1. The monoisotopic (exact) mass is 566 g/mol. The fourth-order valence-corrected chi connectivity index (χ4v) is 6.75. The van der Waals surface area contributed by atoms with Crippen LogP contribution in [0.1, 0.15) is 61.3 Å². The number of aliphatic hydroxyl groups excluding tert-OH is 2. The van der Waals surface area contributed by atoms with E-state index in [-0.39, 0.29) is 12.0 Å². The maximum atomic E-state index is 13.1. The lowest BCUT2D eigenvalue weighted by atomic mass is 9.55. The molecule has 1 spiro atoms. The van der Waals surface area contributed by atoms with Crippen LogP contribution in [0, 0.1) is 11.3 Å². The molecule has 0 aromatic heterocycles. The molecule has 2 saturated heterocycles. The third kappa shape index (κ3) is 4.36. The van der Waals surface area contributed by atoms with Gasteiger partial charge in [0.2, 0.25) is 0 Å². The second-order valence-electron chi connectivity index (χ2n) is 11.7. The number of esters is 4. The topological polar surface area (TPSA) is 178 Å². The fraction of sp³-hybridized carbons (Fsp3) is 0.714. The molecule has 11 atom stereocenters. The minimum absolute atomic E-state index is 0.0588. The number of rotatable bonds is 5. The smallest absolute Gasteiger partial charge is 0.342 e. The summed E-state index contributed by atoms with van der Waals surface area (Å²) in [7, 11) is 0. The highest BCUT2D eigenvalue weighted by Gasteiger charge is 2.87. The molecule has 0 radical (unpaired) electrons. The van der Waals surface area contributed by atoms with Crippen molar-refractivity contribution >= 4 is 23.9 Å². The second kappa shape index (κ2) is 9.93. The van der Waals surface area contributed by atoms with Crippen LogP contribution in [0.5, 0.6) is 0 Å². The molecule has 40 heavy (non-hydrogen) atoms. The number of hydrogen-bond donors (Lipinski definition) is 3. The highest BCUT2D eigenvalue weighted by Crippen LogP contribution is 2.65. The summed E-state index contributed by atoms with van der Waals surface area (Å²) in [5.41, 5.74) is -6.66. The van der Waals surface area contributed by atoms with Gasteiger partial charge in [-0.1, -0.05) is 19.9 Å². The molecule has 0 amide bonds. The Morgan fingerprint density at radius 2 is 1.68 bits per heavy atom. The predicted molar refractivity (Wildman–Crippen MR) is 135 cm³/mol. The molecule has 222 valence electrons. The van der Waals surface area contributed by atoms with Crippen LogP contribution in [0.25, 0.3) is 0 Å². The van der Waals surface area contributed by atoms with Gasteiger partial charge >= 0.3 is 23.9 Å². The molecular formula is C28H38O12. The van der Waals surface area contributed by atoms with Crippen molar-refractivity contribution in [2.45, 2.75) is 115 Å². The molecule has 4 aliphatic rings. The lowest BCUT2D eigenvalue weighted by Crippen LogP contribution is -2.68. The van der Waals surface area contributed by atoms with Crippen LogP contribution in [0.15, 0.2) is 23.8 Å². The molecule has 4 rings (SSSR count). The van der Waals surface area contributed by atoms with Gasteiger partial charge in [0, 0.05) is 31.6 Å². The Morgan fingerprint density at radius 3 is 2.23 bits per heavy atom. The van der Waals surface area contributed by atoms with Gasteiger partial charge in [0.1, 0.15) is 23.9 Å². The zero-order valence-corrected chi connectivity index (χ0v) is 23.7. The Morgan fingerprint density at radius 1 is 1.05 bits per heavy atom. The number of carbonyl (C=O) groups is 4. The first kappa shape index (κ1) is 30.2. The Labute approximate surface area is 232 Å². The Kier molecular flexibility index (Phi) is 7.49. The Bertz CT molecular complexity index is 1160. The standard InChI is InChI=1S/C28H38O12/c1-8-9-18(31)39-20-13(2)12-17-28(27(7,40-28)24(34)38-17)23(37-15(4)30)21-25(5,22(33)19(20)32)11-10-16(26(21,6)35)36-14(3)29/h10-12,16-17,19-23,32-33,35H,8-9H2,1-7H3/b13-12-/t16-,17+,19-,20?,21-,22+,23?,25+,26-,27+,28+/m1/s1. The zero-order valence-electron chi connectivity index (χ0n) is 23.7. The van der Waals surface area contributed by atoms with E-state index in [1.54, 1.807) is 13.8 Å². The van der Waals surface area contributed by atoms with Crippen molar-refractivity contribution in [1.29, 1.82) is 0 Å². The van der Waals surface area contributed by atoms with Crippen molar-refractivity contribution < 1.29 is 58.2 Å². The molecule has 0 saturated carbocycles. The van der Waals surface area contributed by atoms with Crippen molar-refractivity contribution in [3.63, 3.8) is 0 Å². The number of aliphatic hydroxyl groups is 3. The highest BCUT2D eigenvalue weighted by atomic mass is 16.7. The van der Waals surface area contributed by atoms with Crippen LogP contribution < -0.4 is 0 Å². The number of ether oxygens (including phenoxy) is 5. The summed E-state index contributed by atoms with van der Waals surface area (Å²) < 4.78 is 28.6. The summed E-state index contributed by atoms with van der Waals surface area (Å²) in [5.74, 6) is -4.18. The second-order valence-corrected chi connectivity index (χ2v) is 11.7. The molecule has 2 fully saturated rings. The van der Waals surface area contributed by atoms with Crippen LogP contribution in [-0.2, 0) is 42.9 Å². The summed E-state index contributed by atoms with van der Waals surface area (Å²) in [6, 6.07) is 0. The molecule has 0 aromatic rings. The molecule has 2 heterocycles. The van der Waals surface area contributed by atoms with Crippen molar-refractivity contribution in [3.8, 4) is 0 Å². The van der Waals surface area contributed by atoms with E-state index in [2.05, 4.69) is 0 Å². The number of carbonyl (C=O) groups excluding carboxylic acids is 4. The molecule has 0 aromatic carbocycles. The lowest BCUT2D eigenvalue weighted by molar-refractivity contribution is -0.225. The minimum Gasteiger partial charge on any atom is -0.459 e. The van der Waals surface area contributed by atoms with Crippen LogP contribution in [-0.4, -0.2) is 92.6 Å². The van der Waals surface area contributed by atoms with Crippen LogP contribution in [0.4, 0.5) is 0 Å². The van der Waals surface area contributed by atoms with E-state index in [0.29, 0.717) is 6.42 Å². The average molecular weight is 567 g/mol. The lowest BCUT2D eigenvalue weighted by Gasteiger charge is -2.55. The first-order valence-electron chi connectivity index (χ1n) is 13.4. The SMILES string of the molecule is CCCC(=O)OC1/C(C)=C\[C@@H]2OC(=O)[C@]3(C)O[C@]23C(OC(C)=O)[C@H]2[C@](C)(O)[C@H](OC(C)=O)C=C[C@]2(C)[C@@H](O)[C@@H]1O. The van der Waals surface area contributed by atoms with Crippen LogP contribution >= 0.6 is 0 Å². The first-order chi connectivity index (χ1) is 18.5. The van der Waals surface area contributed by atoms with E-state index < -0.39 is 88.6 Å². The Balaban J connectivity index is 1.99. The highest BCUT2D eigenvalue weighted by molar-refractivity contribution is 5.89. The van der Waals surface area contributed by atoms with Gasteiger partial charge in [-0.15, -0.1) is 0 Å². The normalized spacial score (nSPS) is 46.9. The molecular weight excluding hydrogens is 528 g/mol. The van der Waals surface area contributed by atoms with Gasteiger partial charge in [0.25, 0.3) is 0 Å². The molecule has 12 nitrogen and oxygen atoms in total. The summed E-state index contributed by atoms with van der Waals surface area (Å²) in [4.78, 5) is 50.1. The molecule has 2 aliphatic carbocycles. The summed E-state index contributed by atoms with van der Waals surface area (Å²) in [6.45, 7) is 9.97. The van der Waals surface area contributed by atoms with E-state index in [0.717, 1.165) is 13.8 Å². The largest absolute Gasteiger partial charge is 0.459 e. The maximum Gasteiger partial charge on any atom is 0.342 e. The first-order valence-corrected chi connectivity index (χ1v) is 13.4. The Hall–Kier alpha value is -2.80. The van der Waals surface area contributed by atoms with Gasteiger partial charge in [0.15, 0.2) is 23.4 Å². The number of hydrogen-bond acceptors (Lipinski definition) is 12. The van der Waals surface area contributed by atoms with E-state index in [4.69, 9.17) is 23.7 Å². The van der Waals surface area contributed by atoms with Crippen molar-refractivity contribution in [1.82, 2.24) is 0 Å². The van der Waals surface area contributed by atoms with Gasteiger partial charge in [-0.2, -0.15) is 0 Å². The van der Waals surface area contributed by atoms with E-state index >= 15 is 0 Å². The fourth-order valence-electron chi connectivity index (χ4n) is 6.75. The third-order valence-electron chi connectivity index (χ3n) is 8.79. The van der Waals surface area contributed by atoms with Crippen molar-refractivity contribution in [2.24, 2.45) is 11.3 Å². The van der Waals surface area contributed by atoms with E-state index in [1.807, 2.05) is 0 Å². The molecule has 0 bridgehead atoms. The average Bonchev–Trinajstić information content (AvgIpc) is 3.43. The van der Waals surface area contributed by atoms with Gasteiger partial charge in [-0.05, 0) is 44.9 Å². The number of fused-ring (bicyclic) bond motifs is 1. The maximum absolute atomic E-state index is 13.1. The van der Waals surface area contributed by atoms with E-state index in [1.165, 1.54) is 39.0 Å². The summed E-state index contributed by atoms with van der Waals surface area (Å²) in [5, 5.41) is 35.3. The van der Waals surface area contributed by atoms with Crippen LogP contribution in [0.3, 0.4) is 0 Å². The van der Waals surface area contributed by atoms with Crippen molar-refractivity contribution in [2.75, 3.05) is 0 Å². The predicted octanol–water partition coefficient (Wildman–Crippen LogP) is 0.640. The quantitative estimate of drug-likeness (QED) is 0.183. The van der Waals surface area contributed by atoms with Gasteiger partial charge < -0.3 is 39.0 Å². The third-order valence-corrected chi connectivity index (χ3v) is 8.79.